The SMILES string of the molecule is COC(=O)CCCNC(=O)CN(CCO)CC(F)(F)F. The number of ether oxygens (including phenoxy) is 1. The Bertz CT molecular complexity index is 311. The van der Waals surface area contributed by atoms with E-state index >= 15 is 0 Å². The summed E-state index contributed by atoms with van der Waals surface area (Å²) in [5, 5.41) is 11.1. The number of amides is 1. The number of hydrogen-bond donors (Lipinski definition) is 2. The van der Waals surface area contributed by atoms with Crippen LogP contribution in [-0.4, -0.2) is 68.0 Å². The Morgan fingerprint density at radius 1 is 1.35 bits per heavy atom. The molecule has 0 bridgehead atoms. The summed E-state index contributed by atoms with van der Waals surface area (Å²) < 4.78 is 41.0. The zero-order valence-electron chi connectivity index (χ0n) is 11.2. The first-order valence-corrected chi connectivity index (χ1v) is 6.02. The second kappa shape index (κ2) is 9.54. The van der Waals surface area contributed by atoms with Gasteiger partial charge in [0.1, 0.15) is 0 Å². The Morgan fingerprint density at radius 2 is 2.00 bits per heavy atom. The van der Waals surface area contributed by atoms with Crippen molar-refractivity contribution >= 4 is 11.9 Å². The lowest BCUT2D eigenvalue weighted by atomic mass is 10.3. The van der Waals surface area contributed by atoms with Crippen LogP contribution in [0.1, 0.15) is 12.8 Å². The minimum absolute atomic E-state index is 0.125. The molecule has 20 heavy (non-hydrogen) atoms. The number of methoxy groups -OCH3 is 1. The van der Waals surface area contributed by atoms with Crippen LogP contribution in [0.3, 0.4) is 0 Å². The van der Waals surface area contributed by atoms with Gasteiger partial charge >= 0.3 is 12.1 Å². The number of aliphatic hydroxyl groups is 1. The average Bonchev–Trinajstić information content (AvgIpc) is 2.32. The topological polar surface area (TPSA) is 78.9 Å². The van der Waals surface area contributed by atoms with Crippen molar-refractivity contribution in [1.29, 1.82) is 0 Å². The molecule has 0 aliphatic rings. The summed E-state index contributed by atoms with van der Waals surface area (Å²) in [5.41, 5.74) is 0. The summed E-state index contributed by atoms with van der Waals surface area (Å²) in [7, 11) is 1.24. The van der Waals surface area contributed by atoms with Crippen LogP contribution >= 0.6 is 0 Å². The fraction of sp³-hybridized carbons (Fsp3) is 0.818. The Hall–Kier alpha value is -1.35. The van der Waals surface area contributed by atoms with Gasteiger partial charge in [0.2, 0.25) is 5.91 Å². The third-order valence-corrected chi connectivity index (χ3v) is 2.29. The van der Waals surface area contributed by atoms with E-state index in [1.54, 1.807) is 0 Å². The number of alkyl halides is 3. The summed E-state index contributed by atoms with van der Waals surface area (Å²) in [4.78, 5) is 23.0. The van der Waals surface area contributed by atoms with Crippen LogP contribution in [0.25, 0.3) is 0 Å². The number of halogens is 3. The van der Waals surface area contributed by atoms with Gasteiger partial charge < -0.3 is 15.2 Å². The van der Waals surface area contributed by atoms with Crippen molar-refractivity contribution in [3.63, 3.8) is 0 Å². The lowest BCUT2D eigenvalue weighted by Crippen LogP contribution is -2.43. The van der Waals surface area contributed by atoms with Gasteiger partial charge in [0.05, 0.1) is 26.8 Å². The standard InChI is InChI=1S/C11H19F3N2O4/c1-20-10(19)3-2-4-15-9(18)7-16(5-6-17)8-11(12,13)14/h17H,2-8H2,1H3,(H,15,18). The third kappa shape index (κ3) is 10.6. The molecule has 9 heteroatoms. The first-order valence-electron chi connectivity index (χ1n) is 6.02. The highest BCUT2D eigenvalue weighted by Crippen LogP contribution is 2.15. The van der Waals surface area contributed by atoms with Crippen LogP contribution in [0.5, 0.6) is 0 Å². The van der Waals surface area contributed by atoms with Gasteiger partial charge in [-0.1, -0.05) is 0 Å². The van der Waals surface area contributed by atoms with E-state index in [2.05, 4.69) is 10.1 Å². The van der Waals surface area contributed by atoms with Crippen LogP contribution in [0, 0.1) is 0 Å². The third-order valence-electron chi connectivity index (χ3n) is 2.29. The van der Waals surface area contributed by atoms with E-state index in [1.807, 2.05) is 0 Å². The molecule has 0 fully saturated rings. The molecule has 0 aromatic rings. The van der Waals surface area contributed by atoms with Gasteiger partial charge in [0.25, 0.3) is 0 Å². The van der Waals surface area contributed by atoms with Crippen LogP contribution in [0.2, 0.25) is 0 Å². The molecule has 0 aliphatic heterocycles. The normalized spacial score (nSPS) is 11.5. The highest BCUT2D eigenvalue weighted by Gasteiger charge is 2.31. The van der Waals surface area contributed by atoms with Crippen LogP contribution in [0.15, 0.2) is 0 Å². The molecular weight excluding hydrogens is 281 g/mol. The van der Waals surface area contributed by atoms with Crippen molar-refractivity contribution in [3.8, 4) is 0 Å². The predicted octanol–water partition coefficient (Wildman–Crippen LogP) is -0.0876. The molecule has 0 radical (unpaired) electrons. The van der Waals surface area contributed by atoms with Crippen molar-refractivity contribution in [2.45, 2.75) is 19.0 Å². The van der Waals surface area contributed by atoms with Crippen molar-refractivity contribution in [1.82, 2.24) is 10.2 Å². The van der Waals surface area contributed by atoms with E-state index in [1.165, 1.54) is 7.11 Å². The maximum absolute atomic E-state index is 12.2. The Labute approximate surface area is 114 Å². The van der Waals surface area contributed by atoms with Gasteiger partial charge in [-0.05, 0) is 6.42 Å². The Kier molecular flexibility index (Phi) is 8.89. The van der Waals surface area contributed by atoms with Crippen LogP contribution in [0.4, 0.5) is 13.2 Å². The number of hydrogen-bond acceptors (Lipinski definition) is 5. The number of rotatable bonds is 9. The molecule has 118 valence electrons. The van der Waals surface area contributed by atoms with Gasteiger partial charge in [-0.2, -0.15) is 13.2 Å². The lowest BCUT2D eigenvalue weighted by Gasteiger charge is -2.21. The molecule has 0 spiro atoms. The van der Waals surface area contributed by atoms with Crippen LogP contribution in [-0.2, 0) is 14.3 Å². The second-order valence-corrected chi connectivity index (χ2v) is 4.08. The molecule has 1 amide bonds. The van der Waals surface area contributed by atoms with Crippen molar-refractivity contribution < 1.29 is 32.6 Å². The van der Waals surface area contributed by atoms with Gasteiger partial charge in [0, 0.05) is 19.5 Å². The monoisotopic (exact) mass is 300 g/mol. The summed E-state index contributed by atoms with van der Waals surface area (Å²) in [5.74, 6) is -1.01. The molecule has 0 unspecified atom stereocenters. The smallest absolute Gasteiger partial charge is 0.401 e. The lowest BCUT2D eigenvalue weighted by molar-refractivity contribution is -0.149. The Balaban J connectivity index is 3.98. The molecular formula is C11H19F3N2O4. The maximum atomic E-state index is 12.2. The molecule has 0 heterocycles. The first-order chi connectivity index (χ1) is 9.28. The molecule has 0 rings (SSSR count). The van der Waals surface area contributed by atoms with Crippen molar-refractivity contribution in [2.75, 3.05) is 39.9 Å². The highest BCUT2D eigenvalue weighted by atomic mass is 19.4. The average molecular weight is 300 g/mol. The fourth-order valence-electron chi connectivity index (χ4n) is 1.43. The van der Waals surface area contributed by atoms with E-state index in [9.17, 15) is 22.8 Å². The van der Waals surface area contributed by atoms with E-state index in [0.29, 0.717) is 6.42 Å². The number of carbonyl (C=O) groups excluding carboxylic acids is 2. The summed E-state index contributed by atoms with van der Waals surface area (Å²) in [6.07, 6.45) is -3.96. The van der Waals surface area contributed by atoms with Crippen molar-refractivity contribution in [2.24, 2.45) is 0 Å². The fourth-order valence-corrected chi connectivity index (χ4v) is 1.43. The quantitative estimate of drug-likeness (QED) is 0.460. The molecule has 0 atom stereocenters. The van der Waals surface area contributed by atoms with E-state index < -0.39 is 37.7 Å². The first kappa shape index (κ1) is 18.7. The van der Waals surface area contributed by atoms with Gasteiger partial charge in [0.15, 0.2) is 0 Å². The molecule has 0 aromatic carbocycles. The summed E-state index contributed by atoms with van der Waals surface area (Å²) >= 11 is 0. The number of nitrogens with one attached hydrogen (secondary N) is 1. The molecule has 0 aliphatic carbocycles. The van der Waals surface area contributed by atoms with E-state index in [0.717, 1.165) is 4.90 Å². The number of aliphatic hydroxyl groups excluding tert-OH is 1. The molecule has 0 aromatic heterocycles. The largest absolute Gasteiger partial charge is 0.469 e. The van der Waals surface area contributed by atoms with Gasteiger partial charge in [-0.3, -0.25) is 14.5 Å². The molecule has 2 N–H and O–H groups in total. The zero-order valence-corrected chi connectivity index (χ0v) is 11.2. The molecule has 6 nitrogen and oxygen atoms in total. The summed E-state index contributed by atoms with van der Waals surface area (Å²) in [6.45, 7) is -2.25. The second-order valence-electron chi connectivity index (χ2n) is 4.08. The summed E-state index contributed by atoms with van der Waals surface area (Å²) in [6, 6.07) is 0. The van der Waals surface area contributed by atoms with Gasteiger partial charge in [-0.15, -0.1) is 0 Å². The highest BCUT2D eigenvalue weighted by molar-refractivity contribution is 5.78. The predicted molar refractivity (Wildman–Crippen MR) is 63.8 cm³/mol. The molecule has 0 saturated carbocycles. The number of carbonyl (C=O) groups is 2. The van der Waals surface area contributed by atoms with E-state index in [-0.39, 0.29) is 19.5 Å². The van der Waals surface area contributed by atoms with E-state index in [4.69, 9.17) is 5.11 Å². The van der Waals surface area contributed by atoms with Crippen molar-refractivity contribution in [3.05, 3.63) is 0 Å². The van der Waals surface area contributed by atoms with Gasteiger partial charge in [-0.25, -0.2) is 0 Å². The minimum atomic E-state index is -4.43. The van der Waals surface area contributed by atoms with Crippen LogP contribution < -0.4 is 5.32 Å². The molecule has 0 saturated heterocycles. The number of nitrogens with zero attached hydrogens (tertiary/aromatic N) is 1. The maximum Gasteiger partial charge on any atom is 0.401 e. The Morgan fingerprint density at radius 3 is 2.50 bits per heavy atom. The zero-order chi connectivity index (χ0) is 15.6. The number of esters is 1. The minimum Gasteiger partial charge on any atom is -0.469 e.